The largest absolute Gasteiger partial charge is 0.354 e. The zero-order valence-corrected chi connectivity index (χ0v) is 15.6. The van der Waals surface area contributed by atoms with Crippen LogP contribution in [0.3, 0.4) is 0 Å². The fourth-order valence-electron chi connectivity index (χ4n) is 2.39. The van der Waals surface area contributed by atoms with Gasteiger partial charge in [-0.25, -0.2) is 0 Å². The number of pyridine rings is 1. The molecule has 0 radical (unpaired) electrons. The Labute approximate surface area is 155 Å². The van der Waals surface area contributed by atoms with Crippen LogP contribution in [0, 0.1) is 13.8 Å². The number of anilines is 3. The lowest BCUT2D eigenvalue weighted by molar-refractivity contribution is 0.102. The molecular formula is C20H18BrN3O. The van der Waals surface area contributed by atoms with Crippen LogP contribution in [0.1, 0.15) is 21.5 Å². The van der Waals surface area contributed by atoms with Crippen LogP contribution in [0.2, 0.25) is 0 Å². The third-order valence-electron chi connectivity index (χ3n) is 3.88. The van der Waals surface area contributed by atoms with E-state index in [1.54, 1.807) is 18.5 Å². The number of halogens is 1. The maximum atomic E-state index is 12.5. The van der Waals surface area contributed by atoms with Gasteiger partial charge in [0.05, 0.1) is 17.4 Å². The molecule has 2 N–H and O–H groups in total. The number of amides is 1. The molecular weight excluding hydrogens is 378 g/mol. The highest BCUT2D eigenvalue weighted by Gasteiger charge is 2.08. The Balaban J connectivity index is 1.76. The molecule has 4 nitrogen and oxygen atoms in total. The van der Waals surface area contributed by atoms with Gasteiger partial charge in [0.15, 0.2) is 0 Å². The molecule has 2 aromatic carbocycles. The first-order valence-electron chi connectivity index (χ1n) is 7.87. The van der Waals surface area contributed by atoms with Gasteiger partial charge in [-0.2, -0.15) is 0 Å². The summed E-state index contributed by atoms with van der Waals surface area (Å²) in [5.41, 5.74) is 5.28. The highest BCUT2D eigenvalue weighted by molar-refractivity contribution is 9.10. The topological polar surface area (TPSA) is 54.0 Å². The van der Waals surface area contributed by atoms with E-state index in [1.807, 2.05) is 56.3 Å². The number of nitrogens with zero attached hydrogens (tertiary/aromatic N) is 1. The van der Waals surface area contributed by atoms with Gasteiger partial charge < -0.3 is 10.6 Å². The lowest BCUT2D eigenvalue weighted by atomic mass is 10.1. The Morgan fingerprint density at radius 3 is 2.52 bits per heavy atom. The molecule has 1 aromatic heterocycles. The number of aromatic nitrogens is 1. The second-order valence-electron chi connectivity index (χ2n) is 5.85. The number of hydrogen-bond acceptors (Lipinski definition) is 3. The monoisotopic (exact) mass is 395 g/mol. The van der Waals surface area contributed by atoms with Gasteiger partial charge in [0, 0.05) is 22.0 Å². The van der Waals surface area contributed by atoms with Crippen LogP contribution < -0.4 is 10.6 Å². The molecule has 0 aliphatic rings. The van der Waals surface area contributed by atoms with E-state index in [1.165, 1.54) is 5.56 Å². The first-order chi connectivity index (χ1) is 12.0. The van der Waals surface area contributed by atoms with E-state index in [0.717, 1.165) is 27.1 Å². The zero-order valence-electron chi connectivity index (χ0n) is 14.0. The van der Waals surface area contributed by atoms with Crippen LogP contribution in [0.4, 0.5) is 17.1 Å². The van der Waals surface area contributed by atoms with Crippen LogP contribution in [-0.2, 0) is 0 Å². The number of hydrogen-bond donors (Lipinski definition) is 2. The second kappa shape index (κ2) is 7.49. The molecule has 25 heavy (non-hydrogen) atoms. The van der Waals surface area contributed by atoms with Crippen molar-refractivity contribution in [2.75, 3.05) is 10.6 Å². The molecule has 0 fully saturated rings. The minimum atomic E-state index is -0.186. The summed E-state index contributed by atoms with van der Waals surface area (Å²) in [5.74, 6) is -0.186. The molecule has 0 spiro atoms. The van der Waals surface area contributed by atoms with Gasteiger partial charge in [-0.05, 0) is 61.4 Å². The standard InChI is InChI=1S/C20H18BrN3O/c1-13-6-7-18(8-14(13)2)24-20(25)15-9-19(12-22-11-15)23-17-5-3-4-16(21)10-17/h3-12,23H,1-2H3,(H,24,25). The third kappa shape index (κ3) is 4.45. The SMILES string of the molecule is Cc1ccc(NC(=O)c2cncc(Nc3cccc(Br)c3)c2)cc1C. The van der Waals surface area contributed by atoms with Gasteiger partial charge in [0.1, 0.15) is 0 Å². The van der Waals surface area contributed by atoms with Gasteiger partial charge in [0.2, 0.25) is 0 Å². The minimum absolute atomic E-state index is 0.186. The Hall–Kier alpha value is -2.66. The summed E-state index contributed by atoms with van der Waals surface area (Å²) in [5, 5.41) is 6.16. The molecule has 0 saturated carbocycles. The van der Waals surface area contributed by atoms with E-state index < -0.39 is 0 Å². The van der Waals surface area contributed by atoms with E-state index in [-0.39, 0.29) is 5.91 Å². The smallest absolute Gasteiger partial charge is 0.257 e. The van der Waals surface area contributed by atoms with Crippen LogP contribution in [0.15, 0.2) is 65.4 Å². The average molecular weight is 396 g/mol. The number of aryl methyl sites for hydroxylation is 2. The van der Waals surface area contributed by atoms with Crippen molar-refractivity contribution in [3.05, 3.63) is 82.1 Å². The molecule has 0 unspecified atom stereocenters. The normalized spacial score (nSPS) is 10.4. The lowest BCUT2D eigenvalue weighted by Crippen LogP contribution is -2.12. The van der Waals surface area contributed by atoms with E-state index in [2.05, 4.69) is 31.5 Å². The molecule has 5 heteroatoms. The molecule has 1 heterocycles. The predicted octanol–water partition coefficient (Wildman–Crippen LogP) is 5.46. The maximum absolute atomic E-state index is 12.5. The number of benzene rings is 2. The fourth-order valence-corrected chi connectivity index (χ4v) is 2.79. The summed E-state index contributed by atoms with van der Waals surface area (Å²) < 4.78 is 0.981. The van der Waals surface area contributed by atoms with E-state index in [9.17, 15) is 4.79 Å². The number of carbonyl (C=O) groups is 1. The van der Waals surface area contributed by atoms with Crippen molar-refractivity contribution in [3.63, 3.8) is 0 Å². The third-order valence-corrected chi connectivity index (χ3v) is 4.37. The molecule has 1 amide bonds. The molecule has 0 atom stereocenters. The summed E-state index contributed by atoms with van der Waals surface area (Å²) in [4.78, 5) is 16.6. The first kappa shape index (κ1) is 17.2. The van der Waals surface area contributed by atoms with Crippen molar-refractivity contribution in [2.45, 2.75) is 13.8 Å². The fraction of sp³-hybridized carbons (Fsp3) is 0.100. The summed E-state index contributed by atoms with van der Waals surface area (Å²) in [6.45, 7) is 4.07. The average Bonchev–Trinajstić information content (AvgIpc) is 2.58. The molecule has 126 valence electrons. The van der Waals surface area contributed by atoms with Gasteiger partial charge >= 0.3 is 0 Å². The van der Waals surface area contributed by atoms with Crippen molar-refractivity contribution >= 4 is 38.9 Å². The van der Waals surface area contributed by atoms with Gasteiger partial charge in [-0.3, -0.25) is 9.78 Å². The van der Waals surface area contributed by atoms with Crippen LogP contribution in [0.5, 0.6) is 0 Å². The molecule has 0 bridgehead atoms. The minimum Gasteiger partial charge on any atom is -0.354 e. The Morgan fingerprint density at radius 2 is 1.76 bits per heavy atom. The van der Waals surface area contributed by atoms with Crippen LogP contribution >= 0.6 is 15.9 Å². The molecule has 3 aromatic rings. The maximum Gasteiger partial charge on any atom is 0.257 e. The summed E-state index contributed by atoms with van der Waals surface area (Å²) >= 11 is 3.44. The highest BCUT2D eigenvalue weighted by atomic mass is 79.9. The van der Waals surface area contributed by atoms with Crippen molar-refractivity contribution in [1.82, 2.24) is 4.98 Å². The van der Waals surface area contributed by atoms with E-state index >= 15 is 0 Å². The molecule has 0 aliphatic heterocycles. The summed E-state index contributed by atoms with van der Waals surface area (Å²) in [6, 6.07) is 15.4. The van der Waals surface area contributed by atoms with Crippen LogP contribution in [0.25, 0.3) is 0 Å². The molecule has 0 aliphatic carbocycles. The van der Waals surface area contributed by atoms with Gasteiger partial charge in [0.25, 0.3) is 5.91 Å². The number of nitrogens with one attached hydrogen (secondary N) is 2. The number of rotatable bonds is 4. The predicted molar refractivity (Wildman–Crippen MR) is 106 cm³/mol. The second-order valence-corrected chi connectivity index (χ2v) is 6.77. The van der Waals surface area contributed by atoms with Crippen molar-refractivity contribution in [3.8, 4) is 0 Å². The summed E-state index contributed by atoms with van der Waals surface area (Å²) in [6.07, 6.45) is 3.25. The Bertz CT molecular complexity index is 924. The highest BCUT2D eigenvalue weighted by Crippen LogP contribution is 2.21. The lowest BCUT2D eigenvalue weighted by Gasteiger charge is -2.10. The van der Waals surface area contributed by atoms with E-state index in [4.69, 9.17) is 0 Å². The van der Waals surface area contributed by atoms with Crippen molar-refractivity contribution in [1.29, 1.82) is 0 Å². The first-order valence-corrected chi connectivity index (χ1v) is 8.67. The van der Waals surface area contributed by atoms with Crippen molar-refractivity contribution < 1.29 is 4.79 Å². The Morgan fingerprint density at radius 1 is 0.920 bits per heavy atom. The Kier molecular flexibility index (Phi) is 5.14. The quantitative estimate of drug-likeness (QED) is 0.616. The van der Waals surface area contributed by atoms with E-state index in [0.29, 0.717) is 5.56 Å². The number of carbonyl (C=O) groups excluding carboxylic acids is 1. The molecule has 3 rings (SSSR count). The van der Waals surface area contributed by atoms with Gasteiger partial charge in [-0.15, -0.1) is 0 Å². The van der Waals surface area contributed by atoms with Crippen molar-refractivity contribution in [2.24, 2.45) is 0 Å². The summed E-state index contributed by atoms with van der Waals surface area (Å²) in [7, 11) is 0. The molecule has 0 saturated heterocycles. The van der Waals surface area contributed by atoms with Gasteiger partial charge in [-0.1, -0.05) is 28.1 Å². The van der Waals surface area contributed by atoms with Crippen LogP contribution in [-0.4, -0.2) is 10.9 Å². The zero-order chi connectivity index (χ0) is 17.8.